The first kappa shape index (κ1) is 20.6. The molecule has 3 aromatic rings. The van der Waals surface area contributed by atoms with Gasteiger partial charge >= 0.3 is 0 Å². The highest BCUT2D eigenvalue weighted by Crippen LogP contribution is 2.30. The van der Waals surface area contributed by atoms with Crippen LogP contribution in [0.15, 0.2) is 35.1 Å². The number of aromatic nitrogens is 3. The van der Waals surface area contributed by atoms with Crippen LogP contribution in [0.3, 0.4) is 0 Å². The van der Waals surface area contributed by atoms with Gasteiger partial charge in [-0.2, -0.15) is 5.10 Å². The van der Waals surface area contributed by atoms with Gasteiger partial charge in [0.2, 0.25) is 11.8 Å². The third-order valence-electron chi connectivity index (χ3n) is 5.19. The van der Waals surface area contributed by atoms with Gasteiger partial charge in [-0.15, -0.1) is 0 Å². The number of amides is 1. The Bertz CT molecular complexity index is 1040. The van der Waals surface area contributed by atoms with Gasteiger partial charge < -0.3 is 19.0 Å². The van der Waals surface area contributed by atoms with Crippen molar-refractivity contribution >= 4 is 34.8 Å². The van der Waals surface area contributed by atoms with Crippen LogP contribution in [0.2, 0.25) is 10.0 Å². The van der Waals surface area contributed by atoms with Crippen LogP contribution in [0, 0.1) is 6.92 Å². The van der Waals surface area contributed by atoms with Gasteiger partial charge in [-0.1, -0.05) is 23.2 Å². The first-order chi connectivity index (χ1) is 14.5. The summed E-state index contributed by atoms with van der Waals surface area (Å²) in [5, 5.41) is 5.43. The first-order valence-electron chi connectivity index (χ1n) is 9.47. The second kappa shape index (κ2) is 8.57. The van der Waals surface area contributed by atoms with Crippen LogP contribution < -0.4 is 9.64 Å². The number of benzene rings is 1. The van der Waals surface area contributed by atoms with Gasteiger partial charge in [-0.05, 0) is 19.1 Å². The highest BCUT2D eigenvalue weighted by Gasteiger charge is 2.24. The van der Waals surface area contributed by atoms with Crippen molar-refractivity contribution in [3.63, 3.8) is 0 Å². The van der Waals surface area contributed by atoms with E-state index in [1.54, 1.807) is 11.8 Å². The molecular weight excluding hydrogens is 429 g/mol. The molecule has 1 aliphatic heterocycles. The number of hydrogen-bond acceptors (Lipinski definition) is 6. The summed E-state index contributed by atoms with van der Waals surface area (Å²) in [5.74, 6) is 0.964. The lowest BCUT2D eigenvalue weighted by atomic mass is 10.2. The molecule has 10 heteroatoms. The van der Waals surface area contributed by atoms with Gasteiger partial charge in [0.1, 0.15) is 18.6 Å². The highest BCUT2D eigenvalue weighted by atomic mass is 35.5. The molecule has 1 aromatic carbocycles. The van der Waals surface area contributed by atoms with Crippen molar-refractivity contribution in [2.75, 3.05) is 38.2 Å². The van der Waals surface area contributed by atoms with Gasteiger partial charge in [-0.25, -0.2) is 4.98 Å². The maximum absolute atomic E-state index is 12.8. The molecule has 0 aliphatic carbocycles. The third-order valence-corrected chi connectivity index (χ3v) is 5.95. The van der Waals surface area contributed by atoms with E-state index in [1.807, 2.05) is 30.0 Å². The number of nitrogens with zero attached hydrogens (tertiary/aromatic N) is 5. The molecule has 0 unspecified atom stereocenters. The van der Waals surface area contributed by atoms with Gasteiger partial charge in [0, 0.05) is 37.9 Å². The molecule has 3 heterocycles. The van der Waals surface area contributed by atoms with Crippen molar-refractivity contribution in [1.29, 1.82) is 0 Å². The van der Waals surface area contributed by atoms with Crippen molar-refractivity contribution < 1.29 is 13.9 Å². The fourth-order valence-electron chi connectivity index (χ4n) is 3.44. The van der Waals surface area contributed by atoms with E-state index in [0.29, 0.717) is 46.2 Å². The molecule has 0 spiro atoms. The number of carbonyl (C=O) groups excluding carboxylic acids is 1. The Morgan fingerprint density at radius 1 is 1.23 bits per heavy atom. The molecule has 0 radical (unpaired) electrons. The zero-order valence-corrected chi connectivity index (χ0v) is 18.2. The fourth-order valence-corrected chi connectivity index (χ4v) is 3.85. The quantitative estimate of drug-likeness (QED) is 0.592. The molecule has 4 rings (SSSR count). The Labute approximate surface area is 183 Å². The molecule has 2 aromatic heterocycles. The van der Waals surface area contributed by atoms with E-state index in [9.17, 15) is 4.79 Å². The maximum atomic E-state index is 12.8. The minimum Gasteiger partial charge on any atom is -0.495 e. The fraction of sp³-hybridized carbons (Fsp3) is 0.350. The van der Waals surface area contributed by atoms with E-state index in [1.165, 1.54) is 12.5 Å². The van der Waals surface area contributed by atoms with E-state index in [2.05, 4.69) is 15.0 Å². The number of carbonyl (C=O) groups is 1. The third kappa shape index (κ3) is 3.97. The normalized spacial score (nSPS) is 14.3. The topological polar surface area (TPSA) is 76.6 Å². The zero-order valence-electron chi connectivity index (χ0n) is 16.6. The van der Waals surface area contributed by atoms with E-state index in [0.717, 1.165) is 18.8 Å². The molecule has 1 saturated heterocycles. The van der Waals surface area contributed by atoms with Crippen LogP contribution in [0.5, 0.6) is 5.75 Å². The summed E-state index contributed by atoms with van der Waals surface area (Å²) in [7, 11) is 1.60. The number of methoxy groups -OCH3 is 1. The molecule has 8 nitrogen and oxygen atoms in total. The van der Waals surface area contributed by atoms with Crippen LogP contribution in [-0.4, -0.2) is 58.9 Å². The number of anilines is 1. The van der Waals surface area contributed by atoms with Crippen LogP contribution in [0.1, 0.15) is 5.69 Å². The van der Waals surface area contributed by atoms with Crippen LogP contribution in [0.25, 0.3) is 11.6 Å². The molecule has 0 N–H and O–H groups in total. The predicted molar refractivity (Wildman–Crippen MR) is 114 cm³/mol. The van der Waals surface area contributed by atoms with Gasteiger partial charge in [0.25, 0.3) is 0 Å². The maximum Gasteiger partial charge on any atom is 0.248 e. The summed E-state index contributed by atoms with van der Waals surface area (Å²) in [4.78, 5) is 21.0. The molecule has 0 atom stereocenters. The molecule has 0 bridgehead atoms. The van der Waals surface area contributed by atoms with Gasteiger partial charge in [-0.3, -0.25) is 9.48 Å². The smallest absolute Gasteiger partial charge is 0.248 e. The number of halogens is 2. The summed E-state index contributed by atoms with van der Waals surface area (Å²) < 4.78 is 12.2. The number of piperazine rings is 1. The van der Waals surface area contributed by atoms with E-state index in [4.69, 9.17) is 32.4 Å². The number of rotatable bonds is 5. The number of oxazole rings is 1. The lowest BCUT2D eigenvalue weighted by Gasteiger charge is -2.36. The van der Waals surface area contributed by atoms with Crippen molar-refractivity contribution in [3.05, 3.63) is 46.4 Å². The molecule has 158 valence electrons. The van der Waals surface area contributed by atoms with Crippen LogP contribution in [-0.2, 0) is 11.3 Å². The molecule has 1 amide bonds. The van der Waals surface area contributed by atoms with Crippen LogP contribution >= 0.6 is 23.2 Å². The second-order valence-corrected chi connectivity index (χ2v) is 7.71. The molecule has 1 fully saturated rings. The van der Waals surface area contributed by atoms with E-state index in [-0.39, 0.29) is 12.5 Å². The largest absolute Gasteiger partial charge is 0.495 e. The lowest BCUT2D eigenvalue weighted by Crippen LogP contribution is -2.49. The van der Waals surface area contributed by atoms with Gasteiger partial charge in [0.15, 0.2) is 5.69 Å². The Hall–Kier alpha value is -2.71. The number of ether oxygens (including phenoxy) is 1. The second-order valence-electron chi connectivity index (χ2n) is 6.93. The lowest BCUT2D eigenvalue weighted by molar-refractivity contribution is -0.132. The predicted octanol–water partition coefficient (Wildman–Crippen LogP) is 3.51. The number of hydrogen-bond donors (Lipinski definition) is 0. The SMILES string of the molecule is COc1cc(N2CCN(C(=O)Cn3nc(-c4ncco4)c(Cl)c3C)CC2)ccc1Cl. The first-order valence-corrected chi connectivity index (χ1v) is 10.2. The summed E-state index contributed by atoms with van der Waals surface area (Å²) in [5.41, 5.74) is 2.16. The average Bonchev–Trinajstić information content (AvgIpc) is 3.38. The van der Waals surface area contributed by atoms with E-state index < -0.39 is 0 Å². The van der Waals surface area contributed by atoms with Crippen molar-refractivity contribution in [2.45, 2.75) is 13.5 Å². The van der Waals surface area contributed by atoms with Crippen molar-refractivity contribution in [2.24, 2.45) is 0 Å². The molecular formula is C20H21Cl2N5O3. The molecule has 30 heavy (non-hydrogen) atoms. The molecule has 0 saturated carbocycles. The summed E-state index contributed by atoms with van der Waals surface area (Å²) in [6, 6.07) is 5.70. The average molecular weight is 450 g/mol. The summed E-state index contributed by atoms with van der Waals surface area (Å²) >= 11 is 12.5. The highest BCUT2D eigenvalue weighted by molar-refractivity contribution is 6.33. The Morgan fingerprint density at radius 2 is 2.00 bits per heavy atom. The Morgan fingerprint density at radius 3 is 2.67 bits per heavy atom. The minimum absolute atomic E-state index is 0.00967. The summed E-state index contributed by atoms with van der Waals surface area (Å²) in [6.45, 7) is 4.60. The minimum atomic E-state index is -0.00967. The monoisotopic (exact) mass is 449 g/mol. The van der Waals surface area contributed by atoms with Crippen molar-refractivity contribution in [3.8, 4) is 17.3 Å². The summed E-state index contributed by atoms with van der Waals surface area (Å²) in [6.07, 6.45) is 2.99. The Kier molecular flexibility index (Phi) is 5.87. The Balaban J connectivity index is 1.40. The zero-order chi connectivity index (χ0) is 21.3. The standard InChI is InChI=1S/C20H21Cl2N5O3/c1-13-18(22)19(20-23-5-10-30-20)24-27(13)12-17(28)26-8-6-25(7-9-26)14-3-4-15(21)16(11-14)29-2/h3-5,10-11H,6-9,12H2,1-2H3. The van der Waals surface area contributed by atoms with Crippen molar-refractivity contribution in [1.82, 2.24) is 19.7 Å². The van der Waals surface area contributed by atoms with Crippen LogP contribution in [0.4, 0.5) is 5.69 Å². The molecule has 1 aliphatic rings. The van der Waals surface area contributed by atoms with E-state index >= 15 is 0 Å². The van der Waals surface area contributed by atoms with Gasteiger partial charge in [0.05, 0.1) is 29.0 Å².